The van der Waals surface area contributed by atoms with Gasteiger partial charge in [0.1, 0.15) is 0 Å². The minimum Gasteiger partial charge on any atom is -0.759 e. The van der Waals surface area contributed by atoms with E-state index in [2.05, 4.69) is 12.1 Å². The van der Waals surface area contributed by atoms with Gasteiger partial charge in [-0.1, -0.05) is 30.3 Å². The van der Waals surface area contributed by atoms with E-state index >= 15 is 0 Å². The molecule has 0 heterocycles. The van der Waals surface area contributed by atoms with Crippen LogP contribution in [0.5, 0.6) is 0 Å². The molecule has 0 spiro atoms. The van der Waals surface area contributed by atoms with Gasteiger partial charge in [-0.2, -0.15) is 0 Å². The van der Waals surface area contributed by atoms with Gasteiger partial charge in [-0.25, -0.2) is 0 Å². The molecule has 1 aromatic rings. The van der Waals surface area contributed by atoms with Crippen molar-refractivity contribution in [2.45, 2.75) is 6.42 Å². The Morgan fingerprint density at radius 1 is 1.14 bits per heavy atom. The molecule has 0 fully saturated rings. The largest absolute Gasteiger partial charge is 0.759 e. The summed E-state index contributed by atoms with van der Waals surface area (Å²) in [7, 11) is -5.17. The van der Waals surface area contributed by atoms with Gasteiger partial charge in [0.25, 0.3) is 0 Å². The molecule has 0 bridgehead atoms. The third kappa shape index (κ3) is 11.1. The second-order valence-electron chi connectivity index (χ2n) is 2.43. The Labute approximate surface area is 83.1 Å². The molecule has 0 saturated heterocycles. The normalized spacial score (nSPS) is 10.2. The van der Waals surface area contributed by atoms with E-state index in [9.17, 15) is 0 Å². The van der Waals surface area contributed by atoms with E-state index in [4.69, 9.17) is 23.3 Å². The highest BCUT2D eigenvalue weighted by molar-refractivity contribution is 7.79. The molecule has 1 rings (SSSR count). The molecule has 0 aliphatic carbocycles. The molecule has 2 N–H and O–H groups in total. The fourth-order valence-electron chi connectivity index (χ4n) is 0.811. The average Bonchev–Trinajstić information content (AvgIpc) is 2.03. The van der Waals surface area contributed by atoms with Crippen LogP contribution in [0.25, 0.3) is 0 Å². The van der Waals surface area contributed by atoms with E-state index in [0.717, 1.165) is 13.0 Å². The summed E-state index contributed by atoms with van der Waals surface area (Å²) in [5.41, 5.74) is 6.68. The molecule has 0 aromatic heterocycles. The third-order valence-corrected chi connectivity index (χ3v) is 1.28. The summed E-state index contributed by atoms with van der Waals surface area (Å²) in [6.45, 7) is 0.740. The smallest absolute Gasteiger partial charge is 0.0311 e. The molecule has 0 aliphatic heterocycles. The summed E-state index contributed by atoms with van der Waals surface area (Å²) >= 11 is 0. The van der Waals surface area contributed by atoms with Crippen molar-refractivity contribution in [3.8, 4) is 0 Å². The molecule has 5 nitrogen and oxygen atoms in total. The van der Waals surface area contributed by atoms with Crippen molar-refractivity contribution in [1.82, 2.24) is 0 Å². The van der Waals surface area contributed by atoms with Crippen molar-refractivity contribution < 1.29 is 17.5 Å². The molecule has 6 heteroatoms. The Morgan fingerprint density at radius 2 is 1.57 bits per heavy atom. The predicted molar refractivity (Wildman–Crippen MR) is 49.7 cm³/mol. The molecule has 0 amide bonds. The zero-order valence-corrected chi connectivity index (χ0v) is 8.24. The average molecular weight is 217 g/mol. The summed E-state index contributed by atoms with van der Waals surface area (Å²) in [6.07, 6.45) is 0.987. The number of rotatable bonds is 2. The van der Waals surface area contributed by atoms with Gasteiger partial charge < -0.3 is 14.8 Å². The first-order valence-electron chi connectivity index (χ1n) is 3.84. The lowest BCUT2D eigenvalue weighted by atomic mass is 10.2. The highest BCUT2D eigenvalue weighted by Gasteiger charge is 1.84. The highest BCUT2D eigenvalue weighted by atomic mass is 32.3. The molecule has 1 aromatic carbocycles. The maximum Gasteiger partial charge on any atom is 0.0311 e. The van der Waals surface area contributed by atoms with E-state index in [1.165, 1.54) is 5.56 Å². The van der Waals surface area contributed by atoms with Crippen molar-refractivity contribution in [3.05, 3.63) is 35.9 Å². The first-order chi connectivity index (χ1) is 6.43. The van der Waals surface area contributed by atoms with Gasteiger partial charge in [0.15, 0.2) is 0 Å². The van der Waals surface area contributed by atoms with E-state index < -0.39 is 10.4 Å². The number of benzene rings is 1. The molecular formula is C8H11NO4S-2. The van der Waals surface area contributed by atoms with E-state index in [-0.39, 0.29) is 0 Å². The van der Waals surface area contributed by atoms with Crippen molar-refractivity contribution in [1.29, 1.82) is 0 Å². The maximum absolute atomic E-state index is 8.52. The van der Waals surface area contributed by atoms with Crippen LogP contribution in [0, 0.1) is 0 Å². The van der Waals surface area contributed by atoms with Crippen LogP contribution in [0.1, 0.15) is 5.56 Å². The maximum atomic E-state index is 8.52. The van der Waals surface area contributed by atoms with Gasteiger partial charge in [0, 0.05) is 10.4 Å². The first kappa shape index (κ1) is 13.1. The van der Waals surface area contributed by atoms with Gasteiger partial charge in [0.2, 0.25) is 0 Å². The molecule has 14 heavy (non-hydrogen) atoms. The van der Waals surface area contributed by atoms with Gasteiger partial charge in [-0.15, -0.1) is 0 Å². The fourth-order valence-corrected chi connectivity index (χ4v) is 0.811. The molecule has 0 unspecified atom stereocenters. The quantitative estimate of drug-likeness (QED) is 0.547. The summed E-state index contributed by atoms with van der Waals surface area (Å²) < 4.78 is 34.1. The summed E-state index contributed by atoms with van der Waals surface area (Å²) in [5, 5.41) is 0. The minimum atomic E-state index is -5.17. The highest BCUT2D eigenvalue weighted by Crippen LogP contribution is 1.96. The molecule has 80 valence electrons. The molecular weight excluding hydrogens is 206 g/mol. The third-order valence-electron chi connectivity index (χ3n) is 1.28. The van der Waals surface area contributed by atoms with Crippen molar-refractivity contribution in [2.24, 2.45) is 5.73 Å². The van der Waals surface area contributed by atoms with Crippen LogP contribution in [-0.2, 0) is 16.8 Å². The van der Waals surface area contributed by atoms with Crippen LogP contribution in [0.3, 0.4) is 0 Å². The Morgan fingerprint density at radius 3 is 1.93 bits per heavy atom. The number of hydrogen-bond acceptors (Lipinski definition) is 5. The van der Waals surface area contributed by atoms with Gasteiger partial charge in [-0.3, -0.25) is 8.42 Å². The van der Waals surface area contributed by atoms with Crippen molar-refractivity contribution in [3.63, 3.8) is 0 Å². The van der Waals surface area contributed by atoms with E-state index in [1.54, 1.807) is 0 Å². The number of nitrogens with two attached hydrogens (primary N) is 1. The Balaban J connectivity index is 0.000000292. The van der Waals surface area contributed by atoms with E-state index in [1.807, 2.05) is 18.2 Å². The lowest BCUT2D eigenvalue weighted by Crippen LogP contribution is -2.01. The predicted octanol–water partition coefficient (Wildman–Crippen LogP) is -0.150. The van der Waals surface area contributed by atoms with Crippen LogP contribution in [0.15, 0.2) is 30.3 Å². The van der Waals surface area contributed by atoms with Crippen LogP contribution in [0.2, 0.25) is 0 Å². The van der Waals surface area contributed by atoms with Crippen molar-refractivity contribution >= 4 is 10.4 Å². The van der Waals surface area contributed by atoms with Crippen molar-refractivity contribution in [2.75, 3.05) is 6.54 Å². The lowest BCUT2D eigenvalue weighted by Gasteiger charge is -2.06. The number of hydrogen-bond donors (Lipinski definition) is 1. The lowest BCUT2D eigenvalue weighted by molar-refractivity contribution is 0.352. The Hall–Kier alpha value is -0.950. The zero-order chi connectivity index (χ0) is 11.0. The Bertz CT molecular complexity index is 328. The summed E-state index contributed by atoms with van der Waals surface area (Å²) in [5.74, 6) is 0. The summed E-state index contributed by atoms with van der Waals surface area (Å²) in [6, 6.07) is 10.3. The molecule has 0 atom stereocenters. The van der Waals surface area contributed by atoms with Crippen LogP contribution in [-0.4, -0.2) is 24.1 Å². The SMILES string of the molecule is NCCc1ccccc1.O=S(=O)([O-])[O-]. The Kier molecular flexibility index (Phi) is 6.06. The summed E-state index contributed by atoms with van der Waals surface area (Å²) in [4.78, 5) is 0. The van der Waals surface area contributed by atoms with Gasteiger partial charge in [-0.05, 0) is 18.5 Å². The topological polar surface area (TPSA) is 106 Å². The zero-order valence-electron chi connectivity index (χ0n) is 7.42. The standard InChI is InChI=1S/C8H11N.H2O4S/c9-7-6-8-4-2-1-3-5-8;1-5(2,3)4/h1-5H,6-7,9H2;(H2,1,2,3,4)/p-2. The monoisotopic (exact) mass is 217 g/mol. The van der Waals surface area contributed by atoms with Gasteiger partial charge in [0.05, 0.1) is 0 Å². The minimum absolute atomic E-state index is 0.740. The first-order valence-corrected chi connectivity index (χ1v) is 5.17. The van der Waals surface area contributed by atoms with E-state index in [0.29, 0.717) is 0 Å². The molecule has 0 saturated carbocycles. The molecule has 0 radical (unpaired) electrons. The van der Waals surface area contributed by atoms with Crippen LogP contribution >= 0.6 is 0 Å². The van der Waals surface area contributed by atoms with Gasteiger partial charge >= 0.3 is 0 Å². The fraction of sp³-hybridized carbons (Fsp3) is 0.250. The van der Waals surface area contributed by atoms with Crippen LogP contribution in [0.4, 0.5) is 0 Å². The van der Waals surface area contributed by atoms with Crippen LogP contribution < -0.4 is 5.73 Å². The second kappa shape index (κ2) is 6.50. The molecule has 0 aliphatic rings. The second-order valence-corrected chi connectivity index (χ2v) is 3.25.